The molecule has 2 aliphatic heterocycles. The molecular weight excluding hydrogens is 723 g/mol. The summed E-state index contributed by atoms with van der Waals surface area (Å²) in [5.74, 6) is 0.877. The lowest BCUT2D eigenvalue weighted by Crippen LogP contribution is -2.65. The molecule has 0 saturated carbocycles. The molecule has 0 aliphatic carbocycles. The molecule has 4 aromatic rings. The average molecular weight is 786 g/mol. The lowest BCUT2D eigenvalue weighted by Gasteiger charge is -2.33. The van der Waals surface area contributed by atoms with E-state index in [9.17, 15) is 9.59 Å². The van der Waals surface area contributed by atoms with Gasteiger partial charge in [0.2, 0.25) is 0 Å². The minimum atomic E-state index is -2.39. The maximum Gasteiger partial charge on any atom is 0.263 e. The van der Waals surface area contributed by atoms with E-state index in [0.717, 1.165) is 41.9 Å². The van der Waals surface area contributed by atoms with E-state index < -0.39 is 8.07 Å². The van der Waals surface area contributed by atoms with Crippen LogP contribution in [0.2, 0.25) is 6.04 Å². The highest BCUT2D eigenvalue weighted by Crippen LogP contribution is 2.49. The monoisotopic (exact) mass is 785 g/mol. The molecule has 2 amide bonds. The molecule has 2 aliphatic rings. The zero-order valence-corrected chi connectivity index (χ0v) is 37.1. The Morgan fingerprint density at radius 1 is 0.642 bits per heavy atom. The second-order valence-electron chi connectivity index (χ2n) is 16.1. The van der Waals surface area contributed by atoms with Crippen LogP contribution in [0.5, 0.6) is 0 Å². The fourth-order valence-corrected chi connectivity index (χ4v) is 19.8. The van der Waals surface area contributed by atoms with Crippen molar-refractivity contribution in [2.45, 2.75) is 151 Å². The van der Waals surface area contributed by atoms with Crippen LogP contribution in [-0.2, 0) is 6.42 Å². The Balaban J connectivity index is 1.40. The summed E-state index contributed by atoms with van der Waals surface area (Å²) < 4.78 is 0. The van der Waals surface area contributed by atoms with Gasteiger partial charge in [-0.1, -0.05) is 136 Å². The number of hydrogen-bond acceptors (Lipinski definition) is 5. The number of hydrogen-bond donors (Lipinski definition) is 0. The van der Waals surface area contributed by atoms with Crippen molar-refractivity contribution in [3.05, 3.63) is 62.8 Å². The fourth-order valence-electron chi connectivity index (χ4n) is 9.11. The molecule has 286 valence electrons. The molecule has 6 rings (SSSR count). The van der Waals surface area contributed by atoms with Crippen LogP contribution in [-0.4, -0.2) is 31.3 Å². The van der Waals surface area contributed by atoms with Crippen molar-refractivity contribution >= 4 is 69.5 Å². The number of fused-ring (bicyclic) bond motifs is 4. The van der Waals surface area contributed by atoms with Crippen LogP contribution in [0.25, 0.3) is 19.5 Å². The number of carbonyl (C=O) groups is 2. The Morgan fingerprint density at radius 3 is 1.92 bits per heavy atom. The number of aryl methyl sites for hydroxylation is 3. The van der Waals surface area contributed by atoms with Crippen molar-refractivity contribution in [1.29, 1.82) is 0 Å². The van der Waals surface area contributed by atoms with Crippen LogP contribution in [0.15, 0.2) is 36.4 Å². The smallest absolute Gasteiger partial charge is 0.263 e. The van der Waals surface area contributed by atoms with Crippen LogP contribution < -0.4 is 15.6 Å². The van der Waals surface area contributed by atoms with Gasteiger partial charge in [0.15, 0.2) is 8.07 Å². The van der Waals surface area contributed by atoms with Gasteiger partial charge in [0.1, 0.15) is 0 Å². The molecular formula is C46H63NO2S3Si. The van der Waals surface area contributed by atoms with Gasteiger partial charge in [-0.15, -0.1) is 34.0 Å². The minimum absolute atomic E-state index is 0.0735. The summed E-state index contributed by atoms with van der Waals surface area (Å²) in [4.78, 5) is 37.2. The van der Waals surface area contributed by atoms with Crippen molar-refractivity contribution in [2.75, 3.05) is 6.54 Å². The van der Waals surface area contributed by atoms with E-state index >= 15 is 0 Å². The van der Waals surface area contributed by atoms with Gasteiger partial charge >= 0.3 is 0 Å². The first kappa shape index (κ1) is 40.3. The highest BCUT2D eigenvalue weighted by Gasteiger charge is 2.51. The molecule has 3 nitrogen and oxygen atoms in total. The maximum absolute atomic E-state index is 14.3. The van der Waals surface area contributed by atoms with Crippen molar-refractivity contribution in [1.82, 2.24) is 4.90 Å². The number of amides is 2. The molecule has 0 N–H and O–H groups in total. The summed E-state index contributed by atoms with van der Waals surface area (Å²) >= 11 is 5.52. The molecule has 3 atom stereocenters. The number of thiophene rings is 3. The molecule has 0 radical (unpaired) electrons. The first-order valence-corrected chi connectivity index (χ1v) is 25.7. The highest BCUT2D eigenvalue weighted by atomic mass is 32.1. The van der Waals surface area contributed by atoms with Crippen LogP contribution in [0, 0.1) is 25.7 Å². The third-order valence-corrected chi connectivity index (χ3v) is 21.5. The molecule has 0 spiro atoms. The van der Waals surface area contributed by atoms with Crippen LogP contribution >= 0.6 is 34.0 Å². The van der Waals surface area contributed by atoms with E-state index in [1.165, 1.54) is 95.3 Å². The van der Waals surface area contributed by atoms with Crippen molar-refractivity contribution < 1.29 is 9.59 Å². The van der Waals surface area contributed by atoms with Gasteiger partial charge in [-0.25, -0.2) is 0 Å². The highest BCUT2D eigenvalue weighted by molar-refractivity contribution is 7.33. The Hall–Kier alpha value is -2.32. The van der Waals surface area contributed by atoms with E-state index in [1.54, 1.807) is 31.8 Å². The van der Waals surface area contributed by atoms with Gasteiger partial charge < -0.3 is 0 Å². The normalized spacial score (nSPS) is 17.5. The molecule has 0 bridgehead atoms. The topological polar surface area (TPSA) is 37.4 Å². The zero-order valence-electron chi connectivity index (χ0n) is 33.6. The van der Waals surface area contributed by atoms with Crippen LogP contribution in [0.3, 0.4) is 0 Å². The number of unbranched alkanes of at least 4 members (excludes halogenated alkanes) is 7. The summed E-state index contributed by atoms with van der Waals surface area (Å²) in [5.41, 5.74) is 2.80. The van der Waals surface area contributed by atoms with Crippen LogP contribution in [0.4, 0.5) is 0 Å². The summed E-state index contributed by atoms with van der Waals surface area (Å²) in [5, 5.41) is 4.72. The van der Waals surface area contributed by atoms with Crippen molar-refractivity contribution in [3.63, 3.8) is 0 Å². The predicted molar refractivity (Wildman–Crippen MR) is 235 cm³/mol. The molecule has 3 unspecified atom stereocenters. The number of rotatable bonds is 21. The lowest BCUT2D eigenvalue weighted by atomic mass is 9.99. The van der Waals surface area contributed by atoms with Gasteiger partial charge in [0.05, 0.1) is 16.0 Å². The van der Waals surface area contributed by atoms with Gasteiger partial charge in [-0.05, 0) is 84.2 Å². The van der Waals surface area contributed by atoms with Gasteiger partial charge in [0.25, 0.3) is 11.8 Å². The first-order chi connectivity index (χ1) is 25.7. The molecule has 0 fully saturated rings. The second kappa shape index (κ2) is 18.1. The fraction of sp³-hybridized carbons (Fsp3) is 0.565. The maximum atomic E-state index is 14.3. The summed E-state index contributed by atoms with van der Waals surface area (Å²) in [6.07, 6.45) is 18.4. The Morgan fingerprint density at radius 2 is 1.25 bits per heavy atom. The number of benzene rings is 1. The Kier molecular flexibility index (Phi) is 13.8. The number of nitrogens with zero attached hydrogens (tertiary/aromatic N) is 1. The van der Waals surface area contributed by atoms with Gasteiger partial charge in [-0.2, -0.15) is 0 Å². The summed E-state index contributed by atoms with van der Waals surface area (Å²) in [6, 6.07) is 16.2. The largest absolute Gasteiger partial charge is 0.274 e. The minimum Gasteiger partial charge on any atom is -0.274 e. The molecule has 1 aromatic carbocycles. The standard InChI is InChI=1S/C46H63NO2S3Si/c1-8-13-16-17-18-19-22-35-23-25-36(26-24-35)53(30-34(12-5)21-15-10-3)38-27-31(6)50-43(38)44-39(53)28-37(52-44)42-41-40(32(7)51-42)45(48)47(46(41)49)29-33(11-4)20-14-9-2/h23-28,33-34H,8-22,29-30H2,1-7H3. The van der Waals surface area contributed by atoms with E-state index in [-0.39, 0.29) is 11.8 Å². The number of carbonyl (C=O) groups excluding carboxylic acids is 2. The van der Waals surface area contributed by atoms with Crippen molar-refractivity contribution in [2.24, 2.45) is 11.8 Å². The SMILES string of the molecule is CCCCCCCCc1ccc([Si]2(CC(CC)CCCC)c3cc(C)sc3-c3sc(-c4sc(C)c5c4C(=O)N(CC(CC)CCCC)C5=O)cc32)cc1. The predicted octanol–water partition coefficient (Wildman–Crippen LogP) is 12.5. The Bertz CT molecular complexity index is 1870. The quantitative estimate of drug-likeness (QED) is 0.0479. The van der Waals surface area contributed by atoms with Crippen LogP contribution in [0.1, 0.15) is 161 Å². The lowest BCUT2D eigenvalue weighted by molar-refractivity contribution is 0.0624. The molecule has 53 heavy (non-hydrogen) atoms. The van der Waals surface area contributed by atoms with Gasteiger partial charge in [0, 0.05) is 30.9 Å². The van der Waals surface area contributed by atoms with Crippen molar-refractivity contribution in [3.8, 4) is 19.5 Å². The van der Waals surface area contributed by atoms with E-state index in [1.807, 2.05) is 29.6 Å². The van der Waals surface area contributed by atoms with Gasteiger partial charge in [-0.3, -0.25) is 14.5 Å². The van der Waals surface area contributed by atoms with E-state index in [2.05, 4.69) is 77.9 Å². The van der Waals surface area contributed by atoms with E-state index in [0.29, 0.717) is 29.5 Å². The summed E-state index contributed by atoms with van der Waals surface area (Å²) in [7, 11) is -2.39. The summed E-state index contributed by atoms with van der Waals surface area (Å²) in [6.45, 7) is 16.3. The zero-order chi connectivity index (χ0) is 37.7. The average Bonchev–Trinajstić information content (AvgIpc) is 3.95. The Labute approximate surface area is 333 Å². The second-order valence-corrected chi connectivity index (χ2v) is 23.5. The molecule has 0 saturated heterocycles. The first-order valence-electron chi connectivity index (χ1n) is 21.1. The third kappa shape index (κ3) is 8.02. The molecule has 7 heteroatoms. The molecule has 3 aromatic heterocycles. The van der Waals surface area contributed by atoms with E-state index in [4.69, 9.17) is 0 Å². The molecule has 5 heterocycles. The third-order valence-electron chi connectivity index (χ3n) is 12.3. The number of imide groups is 1.